The number of nitrogens with one attached hydrogen (secondary N) is 3. The lowest BCUT2D eigenvalue weighted by Crippen LogP contribution is -2.53. The van der Waals surface area contributed by atoms with Gasteiger partial charge in [-0.1, -0.05) is 11.6 Å². The Morgan fingerprint density at radius 3 is 1.62 bits per heavy atom. The third-order valence-electron chi connectivity index (χ3n) is 12.2. The Labute approximate surface area is 369 Å². The number of halogens is 3. The maximum atomic E-state index is 14.2. The fraction of sp³-hybridized carbons (Fsp3) is 0.455. The molecule has 10 heterocycles. The van der Waals surface area contributed by atoms with E-state index in [0.717, 1.165) is 36.7 Å². The molecule has 4 fully saturated rings. The second-order valence-corrected chi connectivity index (χ2v) is 17.6. The molecule has 0 radical (unpaired) electrons. The Hall–Kier alpha value is -5.69. The minimum atomic E-state index is -0.525. The zero-order valence-electron chi connectivity index (χ0n) is 35.9. The first kappa shape index (κ1) is 43.9. The molecule has 19 heteroatoms. The first-order valence-corrected chi connectivity index (χ1v) is 21.8. The van der Waals surface area contributed by atoms with Gasteiger partial charge in [0, 0.05) is 63.1 Å². The number of fused-ring (bicyclic) bond motifs is 2. The molecule has 2 amide bonds. The van der Waals surface area contributed by atoms with Crippen LogP contribution in [0.4, 0.5) is 26.0 Å². The van der Waals surface area contributed by atoms with Crippen molar-refractivity contribution in [1.82, 2.24) is 53.8 Å². The molecule has 2 atom stereocenters. The predicted octanol–water partition coefficient (Wildman–Crippen LogP) is 5.63. The monoisotopic (exact) mass is 882 g/mol. The second kappa shape index (κ2) is 19.4. The van der Waals surface area contributed by atoms with Gasteiger partial charge < -0.3 is 39.5 Å². The number of rotatable bonds is 7. The van der Waals surface area contributed by atoms with Crippen LogP contribution in [0.2, 0.25) is 5.15 Å². The fourth-order valence-corrected chi connectivity index (χ4v) is 8.84. The van der Waals surface area contributed by atoms with E-state index >= 15 is 0 Å². The van der Waals surface area contributed by atoms with Crippen LogP contribution in [0.15, 0.2) is 61.7 Å². The van der Waals surface area contributed by atoms with Gasteiger partial charge >= 0.3 is 0 Å². The molecule has 0 bridgehead atoms. The van der Waals surface area contributed by atoms with E-state index in [1.165, 1.54) is 100 Å². The summed E-state index contributed by atoms with van der Waals surface area (Å²) in [6.45, 7) is 13.1. The molecule has 2 unspecified atom stereocenters. The number of carbonyl (C=O) groups excluding carboxylic acids is 2. The molecule has 6 aromatic heterocycles. The van der Waals surface area contributed by atoms with Crippen molar-refractivity contribution in [2.75, 3.05) is 82.0 Å². The number of anilines is 3. The Morgan fingerprint density at radius 1 is 0.667 bits per heavy atom. The molecule has 3 N–H and O–H groups in total. The lowest BCUT2D eigenvalue weighted by molar-refractivity contribution is 0.101. The summed E-state index contributed by atoms with van der Waals surface area (Å²) in [5.41, 5.74) is 2.72. The summed E-state index contributed by atoms with van der Waals surface area (Å²) >= 11 is 5.60. The van der Waals surface area contributed by atoms with Gasteiger partial charge in [0.25, 0.3) is 11.8 Å². The molecule has 63 heavy (non-hydrogen) atoms. The minimum absolute atomic E-state index is 0.0849. The van der Waals surface area contributed by atoms with Crippen LogP contribution in [0.5, 0.6) is 0 Å². The Kier molecular flexibility index (Phi) is 13.5. The van der Waals surface area contributed by atoms with Crippen LogP contribution in [0, 0.1) is 49.2 Å². The van der Waals surface area contributed by atoms with Crippen molar-refractivity contribution in [3.05, 3.63) is 101 Å². The number of hydrogen-bond donors (Lipinski definition) is 3. The number of imidazole rings is 2. The zero-order valence-corrected chi connectivity index (χ0v) is 36.7. The van der Waals surface area contributed by atoms with Crippen molar-refractivity contribution in [3.8, 4) is 0 Å². The number of aromatic nitrogens is 8. The molecule has 4 saturated heterocycles. The Morgan fingerprint density at radius 2 is 1.17 bits per heavy atom. The van der Waals surface area contributed by atoms with Crippen molar-refractivity contribution < 1.29 is 18.4 Å². The van der Waals surface area contributed by atoms with E-state index in [2.05, 4.69) is 74.6 Å². The number of piperidine rings is 2. The summed E-state index contributed by atoms with van der Waals surface area (Å²) in [6, 6.07) is 2.45. The van der Waals surface area contributed by atoms with Crippen molar-refractivity contribution in [1.29, 1.82) is 0 Å². The molecule has 0 aliphatic carbocycles. The van der Waals surface area contributed by atoms with Crippen LogP contribution in [0.3, 0.4) is 0 Å². The molecular weight excluding hydrogens is 830 g/mol. The molecule has 0 saturated carbocycles. The van der Waals surface area contributed by atoms with Gasteiger partial charge in [-0.05, 0) is 103 Å². The number of hydrogen-bond acceptors (Lipinski definition) is 12. The van der Waals surface area contributed by atoms with E-state index in [-0.39, 0.29) is 27.8 Å². The van der Waals surface area contributed by atoms with Crippen LogP contribution < -0.4 is 20.9 Å². The van der Waals surface area contributed by atoms with E-state index in [1.54, 1.807) is 49.2 Å². The van der Waals surface area contributed by atoms with E-state index < -0.39 is 23.4 Å². The van der Waals surface area contributed by atoms with Gasteiger partial charge in [-0.2, -0.15) is 0 Å². The normalized spacial score (nSPS) is 19.6. The lowest BCUT2D eigenvalue weighted by Gasteiger charge is -2.46. The molecule has 16 nitrogen and oxygen atoms in total. The highest BCUT2D eigenvalue weighted by Crippen LogP contribution is 2.33. The van der Waals surface area contributed by atoms with Gasteiger partial charge in [0.1, 0.15) is 22.4 Å². The number of pyridine rings is 2. The Bertz CT molecular complexity index is 2540. The maximum absolute atomic E-state index is 14.2. The summed E-state index contributed by atoms with van der Waals surface area (Å²) in [4.78, 5) is 56.1. The van der Waals surface area contributed by atoms with Crippen LogP contribution >= 0.6 is 11.6 Å². The Balaban J connectivity index is 0.000000146. The van der Waals surface area contributed by atoms with Crippen LogP contribution in [-0.4, -0.2) is 127 Å². The smallest absolute Gasteiger partial charge is 0.275 e. The van der Waals surface area contributed by atoms with E-state index in [1.807, 2.05) is 0 Å². The van der Waals surface area contributed by atoms with Gasteiger partial charge in [0.15, 0.2) is 22.9 Å². The third-order valence-corrected chi connectivity index (χ3v) is 12.4. The van der Waals surface area contributed by atoms with Gasteiger partial charge in [-0.15, -0.1) is 0 Å². The molecular formula is C44H53ClF2N14O2. The van der Waals surface area contributed by atoms with Gasteiger partial charge in [-0.25, -0.2) is 38.7 Å². The summed E-state index contributed by atoms with van der Waals surface area (Å²) in [7, 11) is 4.44. The maximum Gasteiger partial charge on any atom is 0.275 e. The SMILES string of the molecule is CN1CCCC(C2CNC2)C1.Cc1cn2cc(NC(=O)c3cnc(Cl)cn3)cc(F)c2n1.Cc1cn2cc(NC(=O)c3cnc(N4CC(C5CCCN(C)C5)C4)cn3)cc(F)c2n1. The highest BCUT2D eigenvalue weighted by molar-refractivity contribution is 6.29. The first-order valence-electron chi connectivity index (χ1n) is 21.4. The van der Waals surface area contributed by atoms with Crippen molar-refractivity contribution in [3.63, 3.8) is 0 Å². The molecule has 4 aliphatic rings. The summed E-state index contributed by atoms with van der Waals surface area (Å²) in [6.07, 6.45) is 17.6. The average molecular weight is 883 g/mol. The summed E-state index contributed by atoms with van der Waals surface area (Å²) in [5, 5.41) is 8.77. The summed E-state index contributed by atoms with van der Waals surface area (Å²) < 4.78 is 31.2. The van der Waals surface area contributed by atoms with Crippen LogP contribution in [-0.2, 0) is 0 Å². The van der Waals surface area contributed by atoms with E-state index in [9.17, 15) is 18.4 Å². The van der Waals surface area contributed by atoms with Crippen molar-refractivity contribution >= 4 is 51.9 Å². The fourth-order valence-electron chi connectivity index (χ4n) is 8.74. The number of carbonyl (C=O) groups is 2. The molecule has 6 aromatic rings. The number of likely N-dealkylation sites (tertiary alicyclic amines) is 2. The van der Waals surface area contributed by atoms with Crippen LogP contribution in [0.1, 0.15) is 58.0 Å². The molecule has 4 aliphatic heterocycles. The van der Waals surface area contributed by atoms with Gasteiger partial charge in [-0.3, -0.25) is 9.59 Å². The number of aryl methyl sites for hydroxylation is 2. The molecule has 0 aromatic carbocycles. The quantitative estimate of drug-likeness (QED) is 0.181. The highest BCUT2D eigenvalue weighted by Gasteiger charge is 2.36. The number of nitrogens with zero attached hydrogens (tertiary/aromatic N) is 11. The average Bonchev–Trinajstić information content (AvgIpc) is 3.79. The van der Waals surface area contributed by atoms with E-state index in [4.69, 9.17) is 11.6 Å². The number of amides is 2. The largest absolute Gasteiger partial charge is 0.355 e. The van der Waals surface area contributed by atoms with Gasteiger partial charge in [0.05, 0.1) is 47.6 Å². The summed E-state index contributed by atoms with van der Waals surface area (Å²) in [5.74, 6) is 2.28. The molecule has 10 rings (SSSR count). The van der Waals surface area contributed by atoms with E-state index in [0.29, 0.717) is 28.7 Å². The lowest BCUT2D eigenvalue weighted by atomic mass is 9.81. The minimum Gasteiger partial charge on any atom is -0.355 e. The van der Waals surface area contributed by atoms with Crippen LogP contribution in [0.25, 0.3) is 11.3 Å². The topological polar surface area (TPSA) is 166 Å². The molecule has 0 spiro atoms. The van der Waals surface area contributed by atoms with Crippen molar-refractivity contribution in [2.24, 2.45) is 23.7 Å². The first-order chi connectivity index (χ1) is 30.3. The zero-order chi connectivity index (χ0) is 44.2. The second-order valence-electron chi connectivity index (χ2n) is 17.2. The van der Waals surface area contributed by atoms with Gasteiger partial charge in [0.2, 0.25) is 0 Å². The predicted molar refractivity (Wildman–Crippen MR) is 237 cm³/mol. The highest BCUT2D eigenvalue weighted by atomic mass is 35.5. The molecule has 332 valence electrons. The van der Waals surface area contributed by atoms with Crippen molar-refractivity contribution in [2.45, 2.75) is 39.5 Å². The standard InChI is InChI=1S/C22H26FN7O.C13H9ClFN5O.C9H18N2/c1-14-9-30-13-17(6-18(23)21(30)26-14)27-22(31)19-7-25-20(8-24-19)29-11-16(12-29)15-4-3-5-28(2)10-15;1-7-5-20-6-8(2-9(15)12(20)18-7)19-13(21)10-3-17-11(14)4-16-10;1-11-4-2-3-8(7-11)9-5-10-6-9/h6-9,13,15-16H,3-5,10-12H2,1-2H3,(H,27,31);2-6H,1H3,(H,19,21);8-10H,2-7H2,1H3. The third kappa shape index (κ3) is 10.7.